The van der Waals surface area contributed by atoms with Crippen molar-refractivity contribution < 1.29 is 9.59 Å². The van der Waals surface area contributed by atoms with Crippen LogP contribution in [0.3, 0.4) is 0 Å². The Hall–Kier alpha value is -2.89. The number of rotatable bonds is 6. The molecule has 3 rings (SSSR count). The van der Waals surface area contributed by atoms with E-state index in [9.17, 15) is 9.59 Å². The second-order valence-corrected chi connectivity index (χ2v) is 7.69. The number of hydrogen-bond acceptors (Lipinski definition) is 4. The van der Waals surface area contributed by atoms with E-state index in [0.717, 1.165) is 30.2 Å². The molecular formula is C23H30N4O2. The topological polar surface area (TPSA) is 56.8 Å². The zero-order valence-electron chi connectivity index (χ0n) is 17.5. The van der Waals surface area contributed by atoms with Gasteiger partial charge in [-0.3, -0.25) is 9.59 Å². The smallest absolute Gasteiger partial charge is 0.224 e. The Morgan fingerprint density at radius 1 is 1.03 bits per heavy atom. The maximum Gasteiger partial charge on any atom is 0.224 e. The van der Waals surface area contributed by atoms with Crippen molar-refractivity contribution in [1.82, 2.24) is 9.88 Å². The second kappa shape index (κ2) is 9.54. The Balaban J connectivity index is 1.59. The van der Waals surface area contributed by atoms with Crippen molar-refractivity contribution in [2.45, 2.75) is 33.1 Å². The molecule has 2 heterocycles. The van der Waals surface area contributed by atoms with E-state index in [2.05, 4.69) is 29.8 Å². The monoisotopic (exact) mass is 394 g/mol. The standard InChI is InChI=1S/C23H30N4O2/c1-18(2)20-8-4-5-9-21(20)27(19(3)28)13-11-23(29)26-16-14-25(15-17-26)22-10-6-7-12-24-22/h4-10,12,18H,11,13-17H2,1-3H3. The largest absolute Gasteiger partial charge is 0.353 e. The van der Waals surface area contributed by atoms with Crippen molar-refractivity contribution in [2.75, 3.05) is 42.5 Å². The molecule has 1 fully saturated rings. The number of carbonyl (C=O) groups excluding carboxylic acids is 2. The predicted octanol–water partition coefficient (Wildman–Crippen LogP) is 3.30. The van der Waals surface area contributed by atoms with Crippen molar-refractivity contribution in [3.05, 3.63) is 54.2 Å². The third-order valence-corrected chi connectivity index (χ3v) is 5.38. The molecule has 1 saturated heterocycles. The average Bonchev–Trinajstić information content (AvgIpc) is 2.74. The van der Waals surface area contributed by atoms with Gasteiger partial charge in [0.2, 0.25) is 11.8 Å². The normalized spacial score (nSPS) is 14.2. The van der Waals surface area contributed by atoms with E-state index in [1.54, 1.807) is 18.0 Å². The molecule has 0 radical (unpaired) electrons. The van der Waals surface area contributed by atoms with Crippen LogP contribution < -0.4 is 9.80 Å². The third kappa shape index (κ3) is 5.13. The number of carbonyl (C=O) groups is 2. The van der Waals surface area contributed by atoms with Crippen LogP contribution in [0.1, 0.15) is 38.7 Å². The van der Waals surface area contributed by atoms with Crippen LogP contribution >= 0.6 is 0 Å². The van der Waals surface area contributed by atoms with Gasteiger partial charge in [-0.2, -0.15) is 0 Å². The molecule has 1 aromatic heterocycles. The lowest BCUT2D eigenvalue weighted by atomic mass is 10.00. The first-order valence-corrected chi connectivity index (χ1v) is 10.3. The molecule has 0 N–H and O–H groups in total. The summed E-state index contributed by atoms with van der Waals surface area (Å²) in [5, 5.41) is 0. The maximum atomic E-state index is 12.8. The van der Waals surface area contributed by atoms with E-state index in [-0.39, 0.29) is 11.8 Å². The summed E-state index contributed by atoms with van der Waals surface area (Å²) in [6.07, 6.45) is 2.12. The van der Waals surface area contributed by atoms with Gasteiger partial charge in [-0.1, -0.05) is 38.1 Å². The molecule has 1 aliphatic heterocycles. The van der Waals surface area contributed by atoms with Gasteiger partial charge in [0.25, 0.3) is 0 Å². The Bertz CT molecular complexity index is 830. The van der Waals surface area contributed by atoms with Gasteiger partial charge in [0.15, 0.2) is 0 Å². The van der Waals surface area contributed by atoms with Gasteiger partial charge in [-0.05, 0) is 29.7 Å². The Morgan fingerprint density at radius 3 is 2.34 bits per heavy atom. The average molecular weight is 395 g/mol. The van der Waals surface area contributed by atoms with E-state index in [4.69, 9.17) is 0 Å². The SMILES string of the molecule is CC(=O)N(CCC(=O)N1CCN(c2ccccn2)CC1)c1ccccc1C(C)C. The zero-order valence-corrected chi connectivity index (χ0v) is 17.5. The van der Waals surface area contributed by atoms with Gasteiger partial charge >= 0.3 is 0 Å². The molecule has 154 valence electrons. The van der Waals surface area contributed by atoms with Gasteiger partial charge in [0.1, 0.15) is 5.82 Å². The molecule has 0 spiro atoms. The van der Waals surface area contributed by atoms with E-state index >= 15 is 0 Å². The number of anilines is 2. The number of nitrogens with zero attached hydrogens (tertiary/aromatic N) is 4. The molecule has 0 bridgehead atoms. The lowest BCUT2D eigenvalue weighted by Crippen LogP contribution is -2.49. The fourth-order valence-corrected chi connectivity index (χ4v) is 3.76. The summed E-state index contributed by atoms with van der Waals surface area (Å²) in [5.41, 5.74) is 2.03. The molecule has 0 atom stereocenters. The molecule has 2 aromatic rings. The Kier molecular flexibility index (Phi) is 6.86. The van der Waals surface area contributed by atoms with E-state index < -0.39 is 0 Å². The van der Waals surface area contributed by atoms with Crippen LogP contribution in [0.15, 0.2) is 48.7 Å². The first kappa shape index (κ1) is 20.8. The van der Waals surface area contributed by atoms with E-state index in [1.807, 2.05) is 41.3 Å². The number of aromatic nitrogens is 1. The lowest BCUT2D eigenvalue weighted by molar-refractivity contribution is -0.131. The summed E-state index contributed by atoms with van der Waals surface area (Å²) < 4.78 is 0. The van der Waals surface area contributed by atoms with Crippen molar-refractivity contribution in [1.29, 1.82) is 0 Å². The van der Waals surface area contributed by atoms with Crippen LogP contribution in [0.4, 0.5) is 11.5 Å². The molecule has 0 saturated carbocycles. The van der Waals surface area contributed by atoms with Gasteiger partial charge in [-0.15, -0.1) is 0 Å². The molecule has 0 aliphatic carbocycles. The minimum atomic E-state index is -0.0362. The van der Waals surface area contributed by atoms with Crippen LogP contribution in [0.2, 0.25) is 0 Å². The van der Waals surface area contributed by atoms with E-state index in [1.165, 1.54) is 0 Å². The maximum absolute atomic E-state index is 12.8. The molecule has 29 heavy (non-hydrogen) atoms. The van der Waals surface area contributed by atoms with Crippen molar-refractivity contribution in [3.8, 4) is 0 Å². The van der Waals surface area contributed by atoms with Crippen LogP contribution in [-0.2, 0) is 9.59 Å². The quantitative estimate of drug-likeness (QED) is 0.754. The highest BCUT2D eigenvalue weighted by molar-refractivity contribution is 5.93. The predicted molar refractivity (Wildman–Crippen MR) is 116 cm³/mol. The zero-order chi connectivity index (χ0) is 20.8. The minimum Gasteiger partial charge on any atom is -0.353 e. The number of para-hydroxylation sites is 1. The van der Waals surface area contributed by atoms with Crippen LogP contribution in [-0.4, -0.2) is 54.4 Å². The third-order valence-electron chi connectivity index (χ3n) is 5.38. The number of amides is 2. The number of piperazine rings is 1. The molecule has 0 unspecified atom stereocenters. The fourth-order valence-electron chi connectivity index (χ4n) is 3.76. The van der Waals surface area contributed by atoms with Gasteiger partial charge < -0.3 is 14.7 Å². The fraction of sp³-hybridized carbons (Fsp3) is 0.435. The highest BCUT2D eigenvalue weighted by Gasteiger charge is 2.23. The first-order chi connectivity index (χ1) is 14.0. The molecular weight excluding hydrogens is 364 g/mol. The molecule has 6 nitrogen and oxygen atoms in total. The summed E-state index contributed by atoms with van der Waals surface area (Å²) >= 11 is 0. The van der Waals surface area contributed by atoms with Crippen LogP contribution in [0.25, 0.3) is 0 Å². The first-order valence-electron chi connectivity index (χ1n) is 10.3. The summed E-state index contributed by atoms with van der Waals surface area (Å²) in [7, 11) is 0. The van der Waals surface area contributed by atoms with Crippen molar-refractivity contribution >= 4 is 23.3 Å². The van der Waals surface area contributed by atoms with Crippen LogP contribution in [0, 0.1) is 0 Å². The molecule has 6 heteroatoms. The van der Waals surface area contributed by atoms with Gasteiger partial charge in [0.05, 0.1) is 0 Å². The summed E-state index contributed by atoms with van der Waals surface area (Å²) in [4.78, 5) is 35.3. The minimum absolute atomic E-state index is 0.0362. The Labute approximate surface area is 173 Å². The van der Waals surface area contributed by atoms with E-state index in [0.29, 0.717) is 32.0 Å². The van der Waals surface area contributed by atoms with Crippen molar-refractivity contribution in [2.24, 2.45) is 0 Å². The summed E-state index contributed by atoms with van der Waals surface area (Å²) in [5.74, 6) is 1.32. The van der Waals surface area contributed by atoms with Gasteiger partial charge in [-0.25, -0.2) is 4.98 Å². The second-order valence-electron chi connectivity index (χ2n) is 7.69. The number of hydrogen-bond donors (Lipinski definition) is 0. The van der Waals surface area contributed by atoms with Gasteiger partial charge in [0, 0.05) is 58.0 Å². The van der Waals surface area contributed by atoms with Crippen LogP contribution in [0.5, 0.6) is 0 Å². The molecule has 1 aromatic carbocycles. The lowest BCUT2D eigenvalue weighted by Gasteiger charge is -2.36. The van der Waals surface area contributed by atoms with Crippen molar-refractivity contribution in [3.63, 3.8) is 0 Å². The Morgan fingerprint density at radius 2 is 1.72 bits per heavy atom. The number of benzene rings is 1. The number of pyridine rings is 1. The highest BCUT2D eigenvalue weighted by atomic mass is 16.2. The molecule has 1 aliphatic rings. The highest BCUT2D eigenvalue weighted by Crippen LogP contribution is 2.27. The summed E-state index contributed by atoms with van der Waals surface area (Å²) in [6, 6.07) is 13.8. The molecule has 2 amide bonds. The summed E-state index contributed by atoms with van der Waals surface area (Å²) in [6.45, 7) is 9.10.